The van der Waals surface area contributed by atoms with Gasteiger partial charge in [0.15, 0.2) is 0 Å². The van der Waals surface area contributed by atoms with Gasteiger partial charge >= 0.3 is 168 Å². The van der Waals surface area contributed by atoms with Gasteiger partial charge in [-0.2, -0.15) is 0 Å². The topological polar surface area (TPSA) is 109 Å². The van der Waals surface area contributed by atoms with Crippen LogP contribution in [0.5, 0.6) is 5.75 Å². The minimum absolute atomic E-state index is 0.777. The number of ether oxygens (including phenoxy) is 1. The van der Waals surface area contributed by atoms with Crippen LogP contribution < -0.4 is 4.74 Å². The molecule has 2 aromatic carbocycles. The molecule has 0 amide bonds. The van der Waals surface area contributed by atoms with Crippen molar-refractivity contribution in [3.05, 3.63) is 97.9 Å². The van der Waals surface area contributed by atoms with Gasteiger partial charge in [-0.15, -0.1) is 0 Å². The van der Waals surface area contributed by atoms with Crippen molar-refractivity contribution in [3.63, 3.8) is 0 Å². The van der Waals surface area contributed by atoms with Crippen molar-refractivity contribution in [2.75, 3.05) is 0 Å². The van der Waals surface area contributed by atoms with Crippen LogP contribution >= 0.6 is 15.9 Å². The SMILES string of the molecule is [C-]#[O+].[C-]#[O+].[C-]#[O+].[C-]#[O+].[C-]#[O+].[Cr]=[C](Oc1cccc(Br)c1)c1ccccc1. The Bertz CT molecular complexity index is 670. The van der Waals surface area contributed by atoms with Gasteiger partial charge < -0.3 is 0 Å². The monoisotopic (exact) mass is 452 g/mol. The maximum atomic E-state index is 7.50. The molecule has 0 aliphatic rings. The predicted octanol–water partition coefficient (Wildman–Crippen LogP) is 3.37. The second-order valence-electron chi connectivity index (χ2n) is 3.21. The van der Waals surface area contributed by atoms with Crippen molar-refractivity contribution in [2.24, 2.45) is 0 Å². The summed E-state index contributed by atoms with van der Waals surface area (Å²) < 4.78 is 45.0. The third-order valence-corrected chi connectivity index (χ3v) is 3.01. The molecule has 0 fully saturated rings. The van der Waals surface area contributed by atoms with E-state index in [0.717, 1.165) is 20.4 Å². The molecule has 0 radical (unpaired) electrons. The van der Waals surface area contributed by atoms with E-state index in [1.165, 1.54) is 0 Å². The molecule has 2 rings (SSSR count). The molecule has 0 saturated heterocycles. The first-order chi connectivity index (χ1) is 12.8. The van der Waals surface area contributed by atoms with E-state index in [4.69, 9.17) is 28.0 Å². The van der Waals surface area contributed by atoms with Crippen LogP contribution in [0.15, 0.2) is 59.1 Å². The summed E-state index contributed by atoms with van der Waals surface area (Å²) in [5, 5.41) is 0. The molecule has 0 aliphatic heterocycles. The van der Waals surface area contributed by atoms with E-state index < -0.39 is 0 Å². The van der Waals surface area contributed by atoms with Crippen LogP contribution in [0.2, 0.25) is 0 Å². The van der Waals surface area contributed by atoms with Crippen LogP contribution in [0.3, 0.4) is 0 Å². The summed E-state index contributed by atoms with van der Waals surface area (Å²) in [4.78, 5) is 0. The molecule has 2 aromatic rings. The van der Waals surface area contributed by atoms with E-state index in [2.05, 4.69) is 65.0 Å². The van der Waals surface area contributed by atoms with E-state index in [0.29, 0.717) is 0 Å². The van der Waals surface area contributed by atoms with Crippen LogP contribution in [-0.4, -0.2) is 4.57 Å². The number of rotatable bonds is 3. The molecule has 0 saturated carbocycles. The van der Waals surface area contributed by atoms with E-state index in [1.54, 1.807) is 0 Å². The fraction of sp³-hybridized carbons (Fsp3) is 0. The summed E-state index contributed by atoms with van der Waals surface area (Å²) in [6.07, 6.45) is 0. The van der Waals surface area contributed by atoms with Gasteiger partial charge in [0.25, 0.3) is 0 Å². The van der Waals surface area contributed by atoms with Crippen molar-refractivity contribution in [3.8, 4) is 5.75 Å². The Morgan fingerprint density at radius 3 is 1.62 bits per heavy atom. The molecule has 0 aromatic heterocycles. The van der Waals surface area contributed by atoms with E-state index in [9.17, 15) is 0 Å². The molecular formula is C18H9BrCrO6. The van der Waals surface area contributed by atoms with Gasteiger partial charge in [-0.1, -0.05) is 0 Å². The van der Waals surface area contributed by atoms with Gasteiger partial charge in [0.2, 0.25) is 0 Å². The van der Waals surface area contributed by atoms with Gasteiger partial charge in [-0.3, -0.25) is 0 Å². The van der Waals surface area contributed by atoms with E-state index in [1.807, 2.05) is 54.6 Å². The number of halogens is 1. The standard InChI is InChI=1S/C13H9BrO.5CO.Cr/c14-12-7-4-8-13(9-12)15-10-11-5-2-1-3-6-11;5*1-2;/h1-9H;;;;;;. The molecule has 0 aliphatic carbocycles. The van der Waals surface area contributed by atoms with Gasteiger partial charge in [-0.05, 0) is 0 Å². The van der Waals surface area contributed by atoms with Crippen molar-refractivity contribution >= 4 is 20.5 Å². The quantitative estimate of drug-likeness (QED) is 0.516. The fourth-order valence-corrected chi connectivity index (χ4v) is 2.01. The Labute approximate surface area is 167 Å². The Kier molecular flexibility index (Phi) is 33.6. The maximum absolute atomic E-state index is 7.50. The molecule has 0 spiro atoms. The molecule has 130 valence electrons. The fourth-order valence-electron chi connectivity index (χ4n) is 1.27. The van der Waals surface area contributed by atoms with Crippen LogP contribution in [0.25, 0.3) is 0 Å². The number of hydrogen-bond acceptors (Lipinski definition) is 1. The summed E-state index contributed by atoms with van der Waals surface area (Å²) in [5.74, 6) is 0.812. The normalized spacial score (nSPS) is 6.42. The molecule has 0 bridgehead atoms. The van der Waals surface area contributed by atoms with Crippen molar-refractivity contribution in [1.29, 1.82) is 0 Å². The van der Waals surface area contributed by atoms with Crippen LogP contribution in [-0.2, 0) is 39.1 Å². The molecule has 0 atom stereocenters. The van der Waals surface area contributed by atoms with Crippen LogP contribution in [0.1, 0.15) is 5.56 Å². The van der Waals surface area contributed by atoms with Gasteiger partial charge in [0.1, 0.15) is 0 Å². The predicted molar refractivity (Wildman–Crippen MR) is 85.0 cm³/mol. The third kappa shape index (κ3) is 16.7. The molecule has 6 nitrogen and oxygen atoms in total. The van der Waals surface area contributed by atoms with Gasteiger partial charge in [0.05, 0.1) is 0 Å². The molecule has 0 unspecified atom stereocenters. The first-order valence-electron chi connectivity index (χ1n) is 5.80. The van der Waals surface area contributed by atoms with Crippen LogP contribution in [0, 0.1) is 33.3 Å². The van der Waals surface area contributed by atoms with Crippen molar-refractivity contribution in [2.45, 2.75) is 0 Å². The zero-order valence-electron chi connectivity index (χ0n) is 12.9. The van der Waals surface area contributed by atoms with Gasteiger partial charge in [0, 0.05) is 0 Å². The zero-order valence-corrected chi connectivity index (χ0v) is 15.8. The second-order valence-corrected chi connectivity index (χ2v) is 4.71. The van der Waals surface area contributed by atoms with Crippen LogP contribution in [0.4, 0.5) is 0 Å². The number of benzene rings is 2. The number of hydrogen-bond donors (Lipinski definition) is 0. The summed E-state index contributed by atoms with van der Waals surface area (Å²) in [6.45, 7) is 22.5. The van der Waals surface area contributed by atoms with E-state index >= 15 is 0 Å². The first kappa shape index (κ1) is 31.6. The average molecular weight is 453 g/mol. The molecular weight excluding hydrogens is 444 g/mol. The minimum atomic E-state index is 0.777. The average Bonchev–Trinajstić information content (AvgIpc) is 2.76. The Morgan fingerprint density at radius 2 is 1.19 bits per heavy atom. The molecule has 0 heterocycles. The third-order valence-electron chi connectivity index (χ3n) is 2.02. The second kappa shape index (κ2) is 27.7. The Hall–Kier alpha value is -2.18. The Morgan fingerprint density at radius 1 is 0.731 bits per heavy atom. The van der Waals surface area contributed by atoms with Gasteiger partial charge in [-0.25, -0.2) is 0 Å². The first-order valence-corrected chi connectivity index (χ1v) is 7.23. The summed E-state index contributed by atoms with van der Waals surface area (Å²) in [7, 11) is 0. The zero-order chi connectivity index (χ0) is 21.4. The molecule has 26 heavy (non-hydrogen) atoms. The summed E-state index contributed by atoms with van der Waals surface area (Å²) in [5.41, 5.74) is 1.04. The molecule has 8 heteroatoms. The van der Waals surface area contributed by atoms with E-state index in [-0.39, 0.29) is 0 Å². The molecule has 0 N–H and O–H groups in total. The van der Waals surface area contributed by atoms with Crippen molar-refractivity contribution < 1.29 is 43.8 Å². The summed E-state index contributed by atoms with van der Waals surface area (Å²) >= 11 is 6.35. The van der Waals surface area contributed by atoms with Crippen molar-refractivity contribution in [1.82, 2.24) is 0 Å². The Balaban J connectivity index is -0.000000210. The summed E-state index contributed by atoms with van der Waals surface area (Å²) in [6, 6.07) is 17.7.